The van der Waals surface area contributed by atoms with E-state index in [1.54, 1.807) is 11.3 Å². The van der Waals surface area contributed by atoms with E-state index in [9.17, 15) is 4.79 Å². The highest BCUT2D eigenvalue weighted by Crippen LogP contribution is 2.59. The van der Waals surface area contributed by atoms with E-state index < -0.39 is 0 Å². The maximum absolute atomic E-state index is 12.5. The molecule has 4 nitrogen and oxygen atoms in total. The first kappa shape index (κ1) is 15.4. The van der Waals surface area contributed by atoms with E-state index >= 15 is 0 Å². The second-order valence-electron chi connectivity index (χ2n) is 6.48. The maximum atomic E-state index is 12.5. The van der Waals surface area contributed by atoms with E-state index in [0.29, 0.717) is 11.0 Å². The molecule has 1 saturated carbocycles. The third-order valence-electron chi connectivity index (χ3n) is 4.13. The van der Waals surface area contributed by atoms with Gasteiger partial charge in [-0.3, -0.25) is 4.79 Å². The zero-order valence-electron chi connectivity index (χ0n) is 13.1. The van der Waals surface area contributed by atoms with Crippen molar-refractivity contribution in [2.24, 2.45) is 17.3 Å². The summed E-state index contributed by atoms with van der Waals surface area (Å²) in [4.78, 5) is 12.5. The second-order valence-corrected chi connectivity index (χ2v) is 8.24. The molecule has 2 atom stereocenters. The molecule has 116 valence electrons. The largest absolute Gasteiger partial charge is 0.300 e. The summed E-state index contributed by atoms with van der Waals surface area (Å²) in [6.07, 6.45) is 2.20. The lowest BCUT2D eigenvalue weighted by molar-refractivity contribution is -0.118. The van der Waals surface area contributed by atoms with Gasteiger partial charge in [-0.2, -0.15) is 11.3 Å². The van der Waals surface area contributed by atoms with Crippen molar-refractivity contribution in [2.45, 2.75) is 27.7 Å². The molecule has 0 unspecified atom stereocenters. The van der Waals surface area contributed by atoms with Gasteiger partial charge in [0.05, 0.1) is 5.92 Å². The zero-order valence-corrected chi connectivity index (χ0v) is 14.7. The number of aromatic nitrogens is 2. The molecular formula is C16H19N3OS2. The predicted molar refractivity (Wildman–Crippen MR) is 92.0 cm³/mol. The molecule has 1 amide bonds. The van der Waals surface area contributed by atoms with Crippen molar-refractivity contribution in [3.05, 3.63) is 28.5 Å². The summed E-state index contributed by atoms with van der Waals surface area (Å²) in [7, 11) is 0. The standard InChI is InChI=1S/C16H19N3OS2/c1-9(2)7-11-12(16(11,3)4)13(20)17-15-19-18-14(22-15)10-5-6-21-8-10/h5-8,11-12H,1-4H3,(H,17,19,20)/t11-,12-/m0/s1. The van der Waals surface area contributed by atoms with Crippen LogP contribution in [0.15, 0.2) is 28.5 Å². The molecule has 0 radical (unpaired) electrons. The van der Waals surface area contributed by atoms with Crippen LogP contribution in [0.1, 0.15) is 27.7 Å². The molecule has 2 heterocycles. The number of hydrogen-bond acceptors (Lipinski definition) is 5. The minimum Gasteiger partial charge on any atom is -0.300 e. The Hall–Kier alpha value is -1.53. The van der Waals surface area contributed by atoms with Crippen LogP contribution in [-0.4, -0.2) is 16.1 Å². The number of carbonyl (C=O) groups excluding carboxylic acids is 1. The molecule has 2 aromatic rings. The van der Waals surface area contributed by atoms with E-state index in [0.717, 1.165) is 10.6 Å². The molecule has 2 aromatic heterocycles. The third-order valence-corrected chi connectivity index (χ3v) is 5.70. The number of anilines is 1. The van der Waals surface area contributed by atoms with Crippen molar-refractivity contribution in [1.82, 2.24) is 10.2 Å². The Balaban J connectivity index is 1.69. The van der Waals surface area contributed by atoms with Gasteiger partial charge in [0, 0.05) is 10.9 Å². The molecule has 1 fully saturated rings. The summed E-state index contributed by atoms with van der Waals surface area (Å²) in [5.74, 6) is 0.359. The van der Waals surface area contributed by atoms with Crippen LogP contribution in [0.4, 0.5) is 5.13 Å². The summed E-state index contributed by atoms with van der Waals surface area (Å²) < 4.78 is 0. The Morgan fingerprint density at radius 2 is 2.14 bits per heavy atom. The fraction of sp³-hybridized carbons (Fsp3) is 0.438. The molecular weight excluding hydrogens is 314 g/mol. The van der Waals surface area contributed by atoms with Crippen LogP contribution in [0.25, 0.3) is 10.6 Å². The Morgan fingerprint density at radius 1 is 1.36 bits per heavy atom. The summed E-state index contributed by atoms with van der Waals surface area (Å²) in [6.45, 7) is 8.42. The second kappa shape index (κ2) is 5.59. The van der Waals surface area contributed by atoms with E-state index in [1.807, 2.05) is 16.8 Å². The lowest BCUT2D eigenvalue weighted by Gasteiger charge is -2.01. The number of thiophene rings is 1. The minimum atomic E-state index is 0.0101. The fourth-order valence-electron chi connectivity index (χ4n) is 2.81. The number of amides is 1. The summed E-state index contributed by atoms with van der Waals surface area (Å²) in [5, 5.41) is 16.6. The van der Waals surface area contributed by atoms with Crippen molar-refractivity contribution in [3.8, 4) is 10.6 Å². The Morgan fingerprint density at radius 3 is 2.77 bits per heavy atom. The van der Waals surface area contributed by atoms with E-state index in [-0.39, 0.29) is 17.2 Å². The number of carbonyl (C=O) groups is 1. The minimum absolute atomic E-state index is 0.0101. The Bertz CT molecular complexity index is 712. The van der Waals surface area contributed by atoms with Gasteiger partial charge >= 0.3 is 0 Å². The fourth-order valence-corrected chi connectivity index (χ4v) is 4.27. The lowest BCUT2D eigenvalue weighted by atomic mass is 10.1. The zero-order chi connectivity index (χ0) is 15.9. The highest BCUT2D eigenvalue weighted by atomic mass is 32.1. The van der Waals surface area contributed by atoms with Gasteiger partial charge in [-0.05, 0) is 36.6 Å². The van der Waals surface area contributed by atoms with Crippen LogP contribution in [0.3, 0.4) is 0 Å². The average Bonchev–Trinajstić information content (AvgIpc) is 2.90. The van der Waals surface area contributed by atoms with Gasteiger partial charge in [-0.15, -0.1) is 10.2 Å². The van der Waals surface area contributed by atoms with Crippen LogP contribution in [0, 0.1) is 17.3 Å². The molecule has 0 aromatic carbocycles. The van der Waals surface area contributed by atoms with E-state index in [2.05, 4.69) is 49.3 Å². The van der Waals surface area contributed by atoms with Crippen molar-refractivity contribution in [1.29, 1.82) is 0 Å². The highest BCUT2D eigenvalue weighted by Gasteiger charge is 2.60. The number of nitrogens with one attached hydrogen (secondary N) is 1. The summed E-state index contributed by atoms with van der Waals surface area (Å²) in [6, 6.07) is 2.01. The van der Waals surface area contributed by atoms with Crippen LogP contribution >= 0.6 is 22.7 Å². The predicted octanol–water partition coefficient (Wildman–Crippen LogP) is 4.44. The Kier molecular flexibility index (Phi) is 3.91. The first-order valence-corrected chi connectivity index (χ1v) is 8.97. The van der Waals surface area contributed by atoms with Gasteiger partial charge in [-0.1, -0.05) is 36.8 Å². The molecule has 3 rings (SSSR count). The number of allylic oxidation sites excluding steroid dienone is 2. The van der Waals surface area contributed by atoms with Crippen LogP contribution < -0.4 is 5.32 Å². The topological polar surface area (TPSA) is 54.9 Å². The normalized spacial score (nSPS) is 22.2. The lowest BCUT2D eigenvalue weighted by Crippen LogP contribution is -2.16. The van der Waals surface area contributed by atoms with E-state index in [4.69, 9.17) is 0 Å². The van der Waals surface area contributed by atoms with Gasteiger partial charge in [0.1, 0.15) is 5.01 Å². The van der Waals surface area contributed by atoms with Crippen molar-refractivity contribution in [2.75, 3.05) is 5.32 Å². The quantitative estimate of drug-likeness (QED) is 0.841. The van der Waals surface area contributed by atoms with Gasteiger partial charge in [0.25, 0.3) is 0 Å². The van der Waals surface area contributed by atoms with Gasteiger partial charge in [0.15, 0.2) is 0 Å². The van der Waals surface area contributed by atoms with Crippen LogP contribution in [0.5, 0.6) is 0 Å². The van der Waals surface area contributed by atoms with Crippen molar-refractivity contribution in [3.63, 3.8) is 0 Å². The molecule has 0 bridgehead atoms. The smallest absolute Gasteiger partial charge is 0.230 e. The molecule has 0 spiro atoms. The Labute approximate surface area is 138 Å². The SMILES string of the molecule is CC(C)=C[C@H]1[C@@H](C(=O)Nc2nnc(-c3ccsc3)s2)C1(C)C. The molecule has 0 aliphatic heterocycles. The molecule has 1 aliphatic carbocycles. The van der Waals surface area contributed by atoms with Crippen LogP contribution in [0.2, 0.25) is 0 Å². The highest BCUT2D eigenvalue weighted by molar-refractivity contribution is 7.19. The first-order chi connectivity index (χ1) is 10.4. The average molecular weight is 333 g/mol. The monoisotopic (exact) mass is 333 g/mol. The number of hydrogen-bond donors (Lipinski definition) is 1. The maximum Gasteiger partial charge on any atom is 0.230 e. The molecule has 1 N–H and O–H groups in total. The molecule has 1 aliphatic rings. The number of nitrogens with zero attached hydrogens (tertiary/aromatic N) is 2. The molecule has 22 heavy (non-hydrogen) atoms. The summed E-state index contributed by atoms with van der Waals surface area (Å²) >= 11 is 3.04. The molecule has 0 saturated heterocycles. The van der Waals surface area contributed by atoms with E-state index in [1.165, 1.54) is 16.9 Å². The van der Waals surface area contributed by atoms with Gasteiger partial charge in [-0.25, -0.2) is 0 Å². The first-order valence-electron chi connectivity index (χ1n) is 7.21. The van der Waals surface area contributed by atoms with Crippen molar-refractivity contribution >= 4 is 33.7 Å². The van der Waals surface area contributed by atoms with Gasteiger partial charge in [0.2, 0.25) is 11.0 Å². The molecule has 6 heteroatoms. The van der Waals surface area contributed by atoms with Crippen molar-refractivity contribution < 1.29 is 4.79 Å². The van der Waals surface area contributed by atoms with Crippen LogP contribution in [-0.2, 0) is 4.79 Å². The summed E-state index contributed by atoms with van der Waals surface area (Å²) in [5.41, 5.74) is 2.32. The van der Waals surface area contributed by atoms with Gasteiger partial charge < -0.3 is 5.32 Å². The number of rotatable bonds is 4. The third kappa shape index (κ3) is 2.85.